The summed E-state index contributed by atoms with van der Waals surface area (Å²) in [5, 5.41) is 6.59. The molecule has 2 aliphatic heterocycles. The molecule has 0 aliphatic carbocycles. The van der Waals surface area contributed by atoms with Crippen molar-refractivity contribution in [2.75, 3.05) is 11.7 Å². The third-order valence-corrected chi connectivity index (χ3v) is 7.14. The summed E-state index contributed by atoms with van der Waals surface area (Å²) in [6, 6.07) is 30.9. The summed E-state index contributed by atoms with van der Waals surface area (Å²) in [7, 11) is 0. The van der Waals surface area contributed by atoms with Gasteiger partial charge in [-0.3, -0.25) is 4.98 Å². The van der Waals surface area contributed by atoms with E-state index in [1.54, 1.807) is 0 Å². The molecule has 1 saturated heterocycles. The van der Waals surface area contributed by atoms with Crippen molar-refractivity contribution in [3.8, 4) is 17.2 Å². The van der Waals surface area contributed by atoms with E-state index in [9.17, 15) is 0 Å². The molecule has 7 rings (SSSR count). The quantitative estimate of drug-likeness (QED) is 0.315. The number of ether oxygens (including phenoxy) is 2. The molecule has 36 heavy (non-hydrogen) atoms. The van der Waals surface area contributed by atoms with Gasteiger partial charge in [0.15, 0.2) is 16.6 Å². The summed E-state index contributed by atoms with van der Waals surface area (Å²) < 4.78 is 13.5. The Bertz CT molecular complexity index is 1600. The Balaban J connectivity index is 1.38. The summed E-state index contributed by atoms with van der Waals surface area (Å²) in [6.07, 6.45) is 3.93. The number of anilines is 1. The molecule has 1 fully saturated rings. The summed E-state index contributed by atoms with van der Waals surface area (Å²) in [4.78, 5) is 6.84. The minimum absolute atomic E-state index is 0.141. The molecule has 0 saturated carbocycles. The number of fused-ring (bicyclic) bond motifs is 2. The first kappa shape index (κ1) is 21.0. The van der Waals surface area contributed by atoms with E-state index in [0.717, 1.165) is 34.3 Å². The van der Waals surface area contributed by atoms with Gasteiger partial charge >= 0.3 is 0 Å². The maximum atomic E-state index is 5.91. The van der Waals surface area contributed by atoms with Crippen molar-refractivity contribution in [1.82, 2.24) is 14.9 Å². The van der Waals surface area contributed by atoms with Gasteiger partial charge in [-0.1, -0.05) is 36.4 Å². The number of hydrogen-bond acceptors (Lipinski definition) is 4. The van der Waals surface area contributed by atoms with Crippen LogP contribution in [-0.2, 0) is 0 Å². The third-order valence-electron chi connectivity index (χ3n) is 6.83. The van der Waals surface area contributed by atoms with Crippen LogP contribution in [0, 0.1) is 0 Å². The normalized spacial score (nSPS) is 18.6. The first-order valence-corrected chi connectivity index (χ1v) is 12.2. The Kier molecular flexibility index (Phi) is 4.89. The number of aromatic nitrogens is 2. The lowest BCUT2D eigenvalue weighted by molar-refractivity contribution is 0.174. The first-order valence-electron chi connectivity index (χ1n) is 11.8. The molecule has 6 nitrogen and oxygen atoms in total. The van der Waals surface area contributed by atoms with Crippen LogP contribution in [0.3, 0.4) is 0 Å². The van der Waals surface area contributed by atoms with Gasteiger partial charge in [-0.15, -0.1) is 0 Å². The Hall–Kier alpha value is -4.36. The van der Waals surface area contributed by atoms with Crippen molar-refractivity contribution in [2.24, 2.45) is 0 Å². The Morgan fingerprint density at radius 2 is 1.64 bits per heavy atom. The van der Waals surface area contributed by atoms with Crippen LogP contribution in [0.5, 0.6) is 11.5 Å². The van der Waals surface area contributed by atoms with E-state index in [4.69, 9.17) is 21.7 Å². The van der Waals surface area contributed by atoms with Crippen LogP contribution < -0.4 is 19.7 Å². The molecule has 176 valence electrons. The van der Waals surface area contributed by atoms with Crippen LogP contribution in [0.4, 0.5) is 5.69 Å². The van der Waals surface area contributed by atoms with E-state index in [0.29, 0.717) is 5.11 Å². The van der Waals surface area contributed by atoms with Crippen LogP contribution in [0.25, 0.3) is 16.5 Å². The van der Waals surface area contributed by atoms with Gasteiger partial charge in [-0.2, -0.15) is 0 Å². The molecule has 2 atom stereocenters. The van der Waals surface area contributed by atoms with E-state index in [1.807, 2.05) is 42.6 Å². The SMILES string of the molecule is S=C1N[C@@H](c2ccccn2)[C@H](c2cccn2-c2ccc3ccccc3c2)N1c1ccc2c(c1)OCO2. The highest BCUT2D eigenvalue weighted by atomic mass is 32.1. The third kappa shape index (κ3) is 3.39. The summed E-state index contributed by atoms with van der Waals surface area (Å²) in [6.45, 7) is 0.228. The number of nitrogens with one attached hydrogen (secondary N) is 1. The maximum absolute atomic E-state index is 5.91. The minimum Gasteiger partial charge on any atom is -0.454 e. The largest absolute Gasteiger partial charge is 0.454 e. The van der Waals surface area contributed by atoms with Crippen LogP contribution in [0.2, 0.25) is 0 Å². The van der Waals surface area contributed by atoms with Gasteiger partial charge in [-0.05, 0) is 71.5 Å². The monoisotopic (exact) mass is 490 g/mol. The van der Waals surface area contributed by atoms with E-state index < -0.39 is 0 Å². The second kappa shape index (κ2) is 8.39. The Morgan fingerprint density at radius 3 is 2.53 bits per heavy atom. The van der Waals surface area contributed by atoms with Gasteiger partial charge in [0, 0.05) is 35.5 Å². The lowest BCUT2D eigenvalue weighted by atomic mass is 10.0. The lowest BCUT2D eigenvalue weighted by Crippen LogP contribution is -2.30. The van der Waals surface area contributed by atoms with Crippen LogP contribution >= 0.6 is 12.2 Å². The van der Waals surface area contributed by atoms with Crippen molar-refractivity contribution in [2.45, 2.75) is 12.1 Å². The molecular formula is C29H22N4O2S. The summed E-state index contributed by atoms with van der Waals surface area (Å²) in [5.74, 6) is 1.47. The highest BCUT2D eigenvalue weighted by molar-refractivity contribution is 7.80. The highest BCUT2D eigenvalue weighted by Crippen LogP contribution is 2.45. The fourth-order valence-corrected chi connectivity index (χ4v) is 5.51. The first-order chi connectivity index (χ1) is 17.8. The van der Waals surface area contributed by atoms with Crippen LogP contribution in [0.1, 0.15) is 23.5 Å². The van der Waals surface area contributed by atoms with Crippen molar-refractivity contribution in [3.63, 3.8) is 0 Å². The Morgan fingerprint density at radius 1 is 0.806 bits per heavy atom. The summed E-state index contributed by atoms with van der Waals surface area (Å²) >= 11 is 5.91. The van der Waals surface area contributed by atoms with Crippen molar-refractivity contribution in [1.29, 1.82) is 0 Å². The zero-order valence-corrected chi connectivity index (χ0v) is 20.1. The van der Waals surface area contributed by atoms with E-state index >= 15 is 0 Å². The van der Waals surface area contributed by atoms with Gasteiger partial charge < -0.3 is 24.3 Å². The molecule has 4 heterocycles. The molecule has 3 aromatic carbocycles. The zero-order valence-electron chi connectivity index (χ0n) is 19.2. The smallest absolute Gasteiger partial charge is 0.231 e. The van der Waals surface area contributed by atoms with E-state index in [-0.39, 0.29) is 18.9 Å². The molecular weight excluding hydrogens is 468 g/mol. The molecule has 0 radical (unpaired) electrons. The number of thiocarbonyl (C=S) groups is 1. The fraction of sp³-hybridized carbons (Fsp3) is 0.103. The van der Waals surface area contributed by atoms with Gasteiger partial charge in [0.1, 0.15) is 6.04 Å². The van der Waals surface area contributed by atoms with Crippen molar-refractivity contribution in [3.05, 3.63) is 115 Å². The molecule has 1 N–H and O–H groups in total. The fourth-order valence-electron chi connectivity index (χ4n) is 5.17. The molecule has 0 spiro atoms. The van der Waals surface area contributed by atoms with Gasteiger partial charge in [0.05, 0.1) is 11.7 Å². The number of nitrogens with zero attached hydrogens (tertiary/aromatic N) is 3. The number of pyridine rings is 1. The number of hydrogen-bond donors (Lipinski definition) is 1. The molecule has 2 aromatic heterocycles. The van der Waals surface area contributed by atoms with Crippen molar-refractivity contribution >= 4 is 33.8 Å². The summed E-state index contributed by atoms with van der Waals surface area (Å²) in [5.41, 5.74) is 4.06. The molecule has 0 unspecified atom stereocenters. The Labute approximate surface area is 213 Å². The molecule has 0 bridgehead atoms. The van der Waals surface area contributed by atoms with Crippen LogP contribution in [-0.4, -0.2) is 21.5 Å². The lowest BCUT2D eigenvalue weighted by Gasteiger charge is -2.29. The molecule has 7 heteroatoms. The predicted molar refractivity (Wildman–Crippen MR) is 144 cm³/mol. The maximum Gasteiger partial charge on any atom is 0.231 e. The average molecular weight is 491 g/mol. The van der Waals surface area contributed by atoms with Gasteiger partial charge in [0.25, 0.3) is 0 Å². The zero-order chi connectivity index (χ0) is 24.1. The topological polar surface area (TPSA) is 51.6 Å². The number of rotatable bonds is 4. The number of benzene rings is 3. The predicted octanol–water partition coefficient (Wildman–Crippen LogP) is 5.93. The van der Waals surface area contributed by atoms with E-state index in [2.05, 4.69) is 80.6 Å². The second-order valence-electron chi connectivity index (χ2n) is 8.87. The molecule has 2 aliphatic rings. The highest BCUT2D eigenvalue weighted by Gasteiger charge is 2.42. The van der Waals surface area contributed by atoms with Crippen molar-refractivity contribution < 1.29 is 9.47 Å². The van der Waals surface area contributed by atoms with Gasteiger partial charge in [-0.25, -0.2) is 0 Å². The standard InChI is InChI=1S/C29H22N4O2S/c36-29-31-27(23-8-3-4-14-30-23)28(33(29)22-12-13-25-26(17-22)35-18-34-25)24-9-5-15-32(24)21-11-10-19-6-1-2-7-20(19)16-21/h1-17,27-28H,18H2,(H,31,36)/t27-,28-/m0/s1. The average Bonchev–Trinajstić information content (AvgIpc) is 3.66. The minimum atomic E-state index is -0.144. The van der Waals surface area contributed by atoms with E-state index in [1.165, 1.54) is 10.8 Å². The molecule has 5 aromatic rings. The van der Waals surface area contributed by atoms with Crippen LogP contribution in [0.15, 0.2) is 103 Å². The van der Waals surface area contributed by atoms with Gasteiger partial charge in [0.2, 0.25) is 6.79 Å². The second-order valence-corrected chi connectivity index (χ2v) is 9.26. The molecule has 0 amide bonds.